The van der Waals surface area contributed by atoms with Gasteiger partial charge in [0.15, 0.2) is 0 Å². The van der Waals surface area contributed by atoms with Crippen LogP contribution in [0.15, 0.2) is 12.1 Å². The van der Waals surface area contributed by atoms with E-state index in [4.69, 9.17) is 0 Å². The lowest BCUT2D eigenvalue weighted by Gasteiger charge is -2.20. The predicted molar refractivity (Wildman–Crippen MR) is 67.4 cm³/mol. The lowest BCUT2D eigenvalue weighted by atomic mass is 9.83. The van der Waals surface area contributed by atoms with Crippen molar-refractivity contribution in [3.8, 4) is 0 Å². The van der Waals surface area contributed by atoms with Crippen LogP contribution < -0.4 is 5.32 Å². The van der Waals surface area contributed by atoms with Gasteiger partial charge in [-0.05, 0) is 37.5 Å². The molecule has 0 saturated carbocycles. The Balaban J connectivity index is 2.43. The summed E-state index contributed by atoms with van der Waals surface area (Å²) in [7, 11) is 0. The molecule has 0 aliphatic carbocycles. The number of hydrogen-bond acceptors (Lipinski definition) is 2. The predicted octanol–water partition coefficient (Wildman–Crippen LogP) is 2.00. The van der Waals surface area contributed by atoms with Crippen LogP contribution in [0.2, 0.25) is 0 Å². The zero-order chi connectivity index (χ0) is 12.6. The Morgan fingerprint density at radius 2 is 1.82 bits per heavy atom. The number of rotatable bonds is 2. The topological polar surface area (TPSA) is 49.3 Å². The minimum absolute atomic E-state index is 0.105. The van der Waals surface area contributed by atoms with Crippen molar-refractivity contribution in [2.75, 3.05) is 13.1 Å². The van der Waals surface area contributed by atoms with Crippen LogP contribution in [0.1, 0.15) is 28.2 Å². The highest BCUT2D eigenvalue weighted by molar-refractivity contribution is 5.72. The van der Waals surface area contributed by atoms with E-state index in [1.54, 1.807) is 0 Å². The molecule has 92 valence electrons. The van der Waals surface area contributed by atoms with Crippen molar-refractivity contribution < 1.29 is 9.90 Å². The van der Waals surface area contributed by atoms with Gasteiger partial charge in [-0.25, -0.2) is 0 Å². The largest absolute Gasteiger partial charge is 0.481 e. The summed E-state index contributed by atoms with van der Waals surface area (Å²) in [5.74, 6) is -0.886. The molecule has 2 atom stereocenters. The summed E-state index contributed by atoms with van der Waals surface area (Å²) in [6.07, 6.45) is 0. The zero-order valence-electron chi connectivity index (χ0n) is 10.6. The SMILES string of the molecule is Cc1cc(C)c(C2CNCC2C(=O)O)c(C)c1. The Morgan fingerprint density at radius 3 is 2.35 bits per heavy atom. The zero-order valence-corrected chi connectivity index (χ0v) is 10.6. The molecule has 2 N–H and O–H groups in total. The first kappa shape index (κ1) is 12.1. The first-order valence-corrected chi connectivity index (χ1v) is 6.02. The van der Waals surface area contributed by atoms with Gasteiger partial charge in [-0.1, -0.05) is 17.7 Å². The molecule has 0 radical (unpaired) electrons. The van der Waals surface area contributed by atoms with E-state index in [9.17, 15) is 9.90 Å². The fraction of sp³-hybridized carbons (Fsp3) is 0.500. The van der Waals surface area contributed by atoms with E-state index in [1.165, 1.54) is 22.3 Å². The number of nitrogens with one attached hydrogen (secondary N) is 1. The van der Waals surface area contributed by atoms with Crippen molar-refractivity contribution in [2.45, 2.75) is 26.7 Å². The number of carbonyl (C=O) groups is 1. The van der Waals surface area contributed by atoms with Crippen LogP contribution in [0.4, 0.5) is 0 Å². The van der Waals surface area contributed by atoms with E-state index in [2.05, 4.69) is 38.2 Å². The second-order valence-electron chi connectivity index (χ2n) is 5.02. The van der Waals surface area contributed by atoms with Gasteiger partial charge in [0.25, 0.3) is 0 Å². The number of aryl methyl sites for hydroxylation is 3. The Kier molecular flexibility index (Phi) is 3.20. The molecule has 0 amide bonds. The lowest BCUT2D eigenvalue weighted by molar-refractivity contribution is -0.141. The second kappa shape index (κ2) is 4.49. The van der Waals surface area contributed by atoms with Gasteiger partial charge < -0.3 is 10.4 Å². The van der Waals surface area contributed by atoms with E-state index in [-0.39, 0.29) is 11.8 Å². The van der Waals surface area contributed by atoms with Crippen LogP contribution in [0.25, 0.3) is 0 Å². The van der Waals surface area contributed by atoms with Gasteiger partial charge in [-0.3, -0.25) is 4.79 Å². The third-order valence-electron chi connectivity index (χ3n) is 3.64. The molecule has 3 heteroatoms. The Hall–Kier alpha value is -1.35. The monoisotopic (exact) mass is 233 g/mol. The molecule has 17 heavy (non-hydrogen) atoms. The smallest absolute Gasteiger partial charge is 0.308 e. The normalized spacial score (nSPS) is 23.9. The van der Waals surface area contributed by atoms with Crippen LogP contribution in [-0.4, -0.2) is 24.2 Å². The van der Waals surface area contributed by atoms with Crippen LogP contribution in [0.5, 0.6) is 0 Å². The minimum Gasteiger partial charge on any atom is -0.481 e. The lowest BCUT2D eigenvalue weighted by Crippen LogP contribution is -2.22. The molecule has 1 aliphatic heterocycles. The Labute approximate surface area is 102 Å². The number of benzene rings is 1. The molecular formula is C14H19NO2. The van der Waals surface area contributed by atoms with E-state index >= 15 is 0 Å². The van der Waals surface area contributed by atoms with E-state index in [0.29, 0.717) is 6.54 Å². The summed E-state index contributed by atoms with van der Waals surface area (Å²) < 4.78 is 0. The summed E-state index contributed by atoms with van der Waals surface area (Å²) in [4.78, 5) is 11.2. The summed E-state index contributed by atoms with van der Waals surface area (Å²) >= 11 is 0. The summed E-state index contributed by atoms with van der Waals surface area (Å²) in [5.41, 5.74) is 4.87. The average Bonchev–Trinajstić information content (AvgIpc) is 2.64. The molecular weight excluding hydrogens is 214 g/mol. The number of aliphatic carboxylic acids is 1. The molecule has 1 saturated heterocycles. The van der Waals surface area contributed by atoms with Crippen LogP contribution in [-0.2, 0) is 4.79 Å². The minimum atomic E-state index is -0.695. The first-order chi connectivity index (χ1) is 8.00. The molecule has 1 heterocycles. The maximum Gasteiger partial charge on any atom is 0.308 e. The van der Waals surface area contributed by atoms with Gasteiger partial charge in [0.1, 0.15) is 0 Å². The van der Waals surface area contributed by atoms with Crippen LogP contribution in [0.3, 0.4) is 0 Å². The number of carboxylic acids is 1. The molecule has 2 unspecified atom stereocenters. The van der Waals surface area contributed by atoms with Crippen molar-refractivity contribution in [1.82, 2.24) is 5.32 Å². The quantitative estimate of drug-likeness (QED) is 0.821. The molecule has 1 aliphatic rings. The highest BCUT2D eigenvalue weighted by Gasteiger charge is 2.35. The van der Waals surface area contributed by atoms with E-state index in [1.807, 2.05) is 0 Å². The van der Waals surface area contributed by atoms with Gasteiger partial charge in [-0.15, -0.1) is 0 Å². The maximum absolute atomic E-state index is 11.2. The molecule has 0 bridgehead atoms. The van der Waals surface area contributed by atoms with Gasteiger partial charge in [-0.2, -0.15) is 0 Å². The number of hydrogen-bond donors (Lipinski definition) is 2. The number of carboxylic acid groups (broad SMARTS) is 1. The van der Waals surface area contributed by atoms with Gasteiger partial charge in [0.05, 0.1) is 5.92 Å². The summed E-state index contributed by atoms with van der Waals surface area (Å²) in [5, 5.41) is 12.4. The summed E-state index contributed by atoms with van der Waals surface area (Å²) in [6, 6.07) is 4.28. The van der Waals surface area contributed by atoms with Crippen LogP contribution >= 0.6 is 0 Å². The second-order valence-corrected chi connectivity index (χ2v) is 5.02. The molecule has 1 aromatic rings. The van der Waals surface area contributed by atoms with Crippen LogP contribution in [0, 0.1) is 26.7 Å². The molecule has 0 spiro atoms. The van der Waals surface area contributed by atoms with Crippen molar-refractivity contribution in [3.63, 3.8) is 0 Å². The molecule has 3 nitrogen and oxygen atoms in total. The van der Waals surface area contributed by atoms with Crippen molar-refractivity contribution in [3.05, 3.63) is 34.4 Å². The highest BCUT2D eigenvalue weighted by Crippen LogP contribution is 2.33. The third kappa shape index (κ3) is 2.20. The Morgan fingerprint density at radius 1 is 1.24 bits per heavy atom. The molecule has 2 rings (SSSR count). The van der Waals surface area contributed by atoms with Gasteiger partial charge >= 0.3 is 5.97 Å². The maximum atomic E-state index is 11.2. The van der Waals surface area contributed by atoms with Gasteiger partial charge in [0, 0.05) is 19.0 Å². The van der Waals surface area contributed by atoms with Crippen molar-refractivity contribution >= 4 is 5.97 Å². The van der Waals surface area contributed by atoms with Crippen molar-refractivity contribution in [1.29, 1.82) is 0 Å². The molecule has 1 fully saturated rings. The standard InChI is InChI=1S/C14H19NO2/c1-8-4-9(2)13(10(3)5-8)11-6-15-7-12(11)14(16)17/h4-5,11-12,15H,6-7H2,1-3H3,(H,16,17). The van der Waals surface area contributed by atoms with E-state index in [0.717, 1.165) is 6.54 Å². The molecule has 1 aromatic carbocycles. The fourth-order valence-electron chi connectivity index (χ4n) is 3.02. The fourth-order valence-corrected chi connectivity index (χ4v) is 3.02. The molecule has 0 aromatic heterocycles. The van der Waals surface area contributed by atoms with Crippen molar-refractivity contribution in [2.24, 2.45) is 5.92 Å². The highest BCUT2D eigenvalue weighted by atomic mass is 16.4. The van der Waals surface area contributed by atoms with Gasteiger partial charge in [0.2, 0.25) is 0 Å². The Bertz CT molecular complexity index is 431. The average molecular weight is 233 g/mol. The van der Waals surface area contributed by atoms with E-state index < -0.39 is 5.97 Å². The first-order valence-electron chi connectivity index (χ1n) is 6.02. The summed E-state index contributed by atoms with van der Waals surface area (Å²) in [6.45, 7) is 7.57. The third-order valence-corrected chi connectivity index (χ3v) is 3.64.